The summed E-state index contributed by atoms with van der Waals surface area (Å²) < 4.78 is 5.59. The maximum atomic E-state index is 5.59. The van der Waals surface area contributed by atoms with Gasteiger partial charge in [0.1, 0.15) is 5.82 Å². The molecule has 1 aromatic carbocycles. The number of aryl methyl sites for hydroxylation is 2. The van der Waals surface area contributed by atoms with Crippen molar-refractivity contribution in [1.29, 1.82) is 0 Å². The molecule has 2 heterocycles. The molecule has 1 fully saturated rings. The van der Waals surface area contributed by atoms with Crippen LogP contribution in [0.4, 0.5) is 5.82 Å². The van der Waals surface area contributed by atoms with Crippen LogP contribution >= 0.6 is 0 Å². The minimum absolute atomic E-state index is 0.109. The molecule has 1 aliphatic heterocycles. The number of aromatic nitrogens is 2. The predicted octanol–water partition coefficient (Wildman–Crippen LogP) is 3.25. The van der Waals surface area contributed by atoms with Crippen LogP contribution in [0.25, 0.3) is 0 Å². The number of hydrogen-bond donors (Lipinski definition) is 1. The monoisotopic (exact) mass is 297 g/mol. The smallest absolute Gasteiger partial charge is 0.147 e. The molecule has 0 atom stereocenters. The van der Waals surface area contributed by atoms with Crippen molar-refractivity contribution in [2.45, 2.75) is 32.1 Å². The second-order valence-corrected chi connectivity index (χ2v) is 6.06. The first-order chi connectivity index (χ1) is 10.7. The quantitative estimate of drug-likeness (QED) is 0.941. The molecule has 0 spiro atoms. The van der Waals surface area contributed by atoms with E-state index in [-0.39, 0.29) is 5.41 Å². The van der Waals surface area contributed by atoms with E-state index < -0.39 is 0 Å². The molecule has 1 aromatic heterocycles. The van der Waals surface area contributed by atoms with E-state index in [0.717, 1.165) is 49.8 Å². The van der Waals surface area contributed by atoms with Gasteiger partial charge >= 0.3 is 0 Å². The van der Waals surface area contributed by atoms with Crippen molar-refractivity contribution in [3.05, 3.63) is 53.5 Å². The van der Waals surface area contributed by atoms with Crippen LogP contribution in [-0.4, -0.2) is 29.7 Å². The molecule has 1 aliphatic rings. The standard InChI is InChI=1S/C18H23N3O/c1-14-12-19-15(2)17(21-14)20-13-18(8-10-22-11-9-18)16-6-4-3-5-7-16/h3-7,12H,8-11,13H2,1-2H3,(H,20,21). The molecule has 4 heteroatoms. The number of nitrogens with one attached hydrogen (secondary N) is 1. The Morgan fingerprint density at radius 3 is 2.59 bits per heavy atom. The van der Waals surface area contributed by atoms with Crippen LogP contribution in [0.1, 0.15) is 29.8 Å². The highest BCUT2D eigenvalue weighted by atomic mass is 16.5. The van der Waals surface area contributed by atoms with Crippen LogP contribution < -0.4 is 5.32 Å². The van der Waals surface area contributed by atoms with Crippen LogP contribution in [0.3, 0.4) is 0 Å². The topological polar surface area (TPSA) is 47.0 Å². The number of ether oxygens (including phenoxy) is 1. The van der Waals surface area contributed by atoms with Gasteiger partial charge < -0.3 is 10.1 Å². The molecular weight excluding hydrogens is 274 g/mol. The molecule has 1 saturated heterocycles. The average molecular weight is 297 g/mol. The third-order valence-electron chi connectivity index (χ3n) is 4.51. The first-order valence-electron chi connectivity index (χ1n) is 7.87. The van der Waals surface area contributed by atoms with Gasteiger partial charge in [0.2, 0.25) is 0 Å². The van der Waals surface area contributed by atoms with Gasteiger partial charge in [-0.25, -0.2) is 4.98 Å². The first-order valence-corrected chi connectivity index (χ1v) is 7.87. The summed E-state index contributed by atoms with van der Waals surface area (Å²) in [6, 6.07) is 10.7. The van der Waals surface area contributed by atoms with Crippen LogP contribution in [0.5, 0.6) is 0 Å². The van der Waals surface area contributed by atoms with E-state index in [1.54, 1.807) is 0 Å². The molecular formula is C18H23N3O. The molecule has 0 unspecified atom stereocenters. The number of benzene rings is 1. The van der Waals surface area contributed by atoms with E-state index in [2.05, 4.69) is 45.6 Å². The number of rotatable bonds is 4. The summed E-state index contributed by atoms with van der Waals surface area (Å²) in [5.74, 6) is 0.891. The zero-order valence-corrected chi connectivity index (χ0v) is 13.3. The summed E-state index contributed by atoms with van der Waals surface area (Å²) in [6.45, 7) is 6.45. The van der Waals surface area contributed by atoms with E-state index >= 15 is 0 Å². The Balaban J connectivity index is 1.83. The minimum atomic E-state index is 0.109. The lowest BCUT2D eigenvalue weighted by atomic mass is 9.74. The fraction of sp³-hybridized carbons (Fsp3) is 0.444. The molecule has 3 rings (SSSR count). The Morgan fingerprint density at radius 2 is 1.86 bits per heavy atom. The highest BCUT2D eigenvalue weighted by molar-refractivity contribution is 5.41. The number of hydrogen-bond acceptors (Lipinski definition) is 4. The van der Waals surface area contributed by atoms with E-state index in [1.165, 1.54) is 5.56 Å². The SMILES string of the molecule is Cc1cnc(C)c(NCC2(c3ccccc3)CCOCC2)n1. The maximum absolute atomic E-state index is 5.59. The van der Waals surface area contributed by atoms with Crippen LogP contribution in [-0.2, 0) is 10.2 Å². The molecule has 4 nitrogen and oxygen atoms in total. The lowest BCUT2D eigenvalue weighted by molar-refractivity contribution is 0.0543. The summed E-state index contributed by atoms with van der Waals surface area (Å²) in [4.78, 5) is 8.97. The average Bonchev–Trinajstić information content (AvgIpc) is 2.57. The fourth-order valence-electron chi connectivity index (χ4n) is 3.08. The van der Waals surface area contributed by atoms with Crippen molar-refractivity contribution in [3.8, 4) is 0 Å². The second-order valence-electron chi connectivity index (χ2n) is 6.06. The molecule has 0 bridgehead atoms. The Kier molecular flexibility index (Phi) is 4.39. The number of anilines is 1. The zero-order valence-electron chi connectivity index (χ0n) is 13.3. The lowest BCUT2D eigenvalue weighted by Gasteiger charge is -2.38. The van der Waals surface area contributed by atoms with Gasteiger partial charge in [-0.1, -0.05) is 30.3 Å². The van der Waals surface area contributed by atoms with Gasteiger partial charge in [-0.3, -0.25) is 4.98 Å². The molecule has 2 aromatic rings. The molecule has 0 aliphatic carbocycles. The lowest BCUT2D eigenvalue weighted by Crippen LogP contribution is -2.40. The third-order valence-corrected chi connectivity index (χ3v) is 4.51. The van der Waals surface area contributed by atoms with Gasteiger partial charge in [-0.05, 0) is 32.3 Å². The molecule has 116 valence electrons. The zero-order chi connectivity index (χ0) is 15.4. The fourth-order valence-corrected chi connectivity index (χ4v) is 3.08. The highest BCUT2D eigenvalue weighted by Crippen LogP contribution is 2.35. The summed E-state index contributed by atoms with van der Waals surface area (Å²) in [5, 5.41) is 3.53. The number of nitrogens with zero attached hydrogens (tertiary/aromatic N) is 2. The van der Waals surface area contributed by atoms with Gasteiger partial charge in [-0.15, -0.1) is 0 Å². The van der Waals surface area contributed by atoms with Crippen molar-refractivity contribution >= 4 is 5.82 Å². The first kappa shape index (κ1) is 15.0. The van der Waals surface area contributed by atoms with Crippen molar-refractivity contribution in [2.24, 2.45) is 0 Å². The van der Waals surface area contributed by atoms with Gasteiger partial charge in [0, 0.05) is 31.4 Å². The van der Waals surface area contributed by atoms with Gasteiger partial charge in [0.15, 0.2) is 0 Å². The Bertz CT molecular complexity index is 621. The van der Waals surface area contributed by atoms with Crippen molar-refractivity contribution in [1.82, 2.24) is 9.97 Å². The summed E-state index contributed by atoms with van der Waals surface area (Å²) in [7, 11) is 0. The van der Waals surface area contributed by atoms with Crippen LogP contribution in [0.15, 0.2) is 36.5 Å². The second kappa shape index (κ2) is 6.44. The van der Waals surface area contributed by atoms with E-state index in [4.69, 9.17) is 4.74 Å². The molecule has 1 N–H and O–H groups in total. The molecule has 22 heavy (non-hydrogen) atoms. The largest absolute Gasteiger partial charge is 0.381 e. The molecule has 0 amide bonds. The molecule has 0 radical (unpaired) electrons. The summed E-state index contributed by atoms with van der Waals surface area (Å²) in [6.07, 6.45) is 3.87. The Labute approximate surface area is 132 Å². The van der Waals surface area contributed by atoms with Crippen molar-refractivity contribution < 1.29 is 4.74 Å². The Hall–Kier alpha value is -1.94. The van der Waals surface area contributed by atoms with Gasteiger partial charge in [0.05, 0.1) is 11.4 Å². The van der Waals surface area contributed by atoms with Gasteiger partial charge in [0.25, 0.3) is 0 Å². The highest BCUT2D eigenvalue weighted by Gasteiger charge is 2.34. The van der Waals surface area contributed by atoms with E-state index in [0.29, 0.717) is 0 Å². The maximum Gasteiger partial charge on any atom is 0.147 e. The van der Waals surface area contributed by atoms with Crippen molar-refractivity contribution in [3.63, 3.8) is 0 Å². The predicted molar refractivity (Wildman–Crippen MR) is 88.2 cm³/mol. The van der Waals surface area contributed by atoms with Crippen LogP contribution in [0, 0.1) is 13.8 Å². The minimum Gasteiger partial charge on any atom is -0.381 e. The van der Waals surface area contributed by atoms with Gasteiger partial charge in [-0.2, -0.15) is 0 Å². The summed E-state index contributed by atoms with van der Waals surface area (Å²) in [5.41, 5.74) is 3.37. The molecule has 0 saturated carbocycles. The third kappa shape index (κ3) is 3.12. The normalized spacial score (nSPS) is 17.2. The summed E-state index contributed by atoms with van der Waals surface area (Å²) >= 11 is 0. The van der Waals surface area contributed by atoms with E-state index in [9.17, 15) is 0 Å². The van der Waals surface area contributed by atoms with Crippen LogP contribution in [0.2, 0.25) is 0 Å². The Morgan fingerprint density at radius 1 is 1.14 bits per heavy atom. The van der Waals surface area contributed by atoms with Crippen molar-refractivity contribution in [2.75, 3.05) is 25.1 Å². The van der Waals surface area contributed by atoms with E-state index in [1.807, 2.05) is 20.0 Å².